The molecule has 1 amide bonds. The third-order valence-electron chi connectivity index (χ3n) is 4.47. The maximum Gasteiger partial charge on any atom is 0.573 e. The Hall–Kier alpha value is -3.36. The average Bonchev–Trinajstić information content (AvgIpc) is 3.21. The van der Waals surface area contributed by atoms with Gasteiger partial charge in [-0.05, 0) is 43.0 Å². The van der Waals surface area contributed by atoms with E-state index in [1.54, 1.807) is 11.0 Å². The zero-order valence-corrected chi connectivity index (χ0v) is 19.3. The number of carbonyl (C=O) groups is 1. The fraction of sp³-hybridized carbons (Fsp3) is 0.375. The predicted octanol–water partition coefficient (Wildman–Crippen LogP) is 6.24. The molecular weight excluding hydrogens is 433 g/mol. The summed E-state index contributed by atoms with van der Waals surface area (Å²) < 4.78 is 40.9. The van der Waals surface area contributed by atoms with Crippen molar-refractivity contribution in [3.63, 3.8) is 0 Å². The van der Waals surface area contributed by atoms with Crippen LogP contribution in [-0.4, -0.2) is 45.4 Å². The lowest BCUT2D eigenvalue weighted by molar-refractivity contribution is -0.274. The lowest BCUT2D eigenvalue weighted by Crippen LogP contribution is -2.41. The Kier molecular flexibility index (Phi) is 8.62. The number of halogens is 3. The van der Waals surface area contributed by atoms with E-state index in [1.807, 2.05) is 45.9 Å². The molecule has 9 heteroatoms. The van der Waals surface area contributed by atoms with E-state index < -0.39 is 6.36 Å². The maximum absolute atomic E-state index is 13.2. The van der Waals surface area contributed by atoms with Crippen LogP contribution in [0.2, 0.25) is 0 Å². The summed E-state index contributed by atoms with van der Waals surface area (Å²) in [6.45, 7) is 12.7. The highest BCUT2D eigenvalue weighted by Crippen LogP contribution is 2.25. The van der Waals surface area contributed by atoms with E-state index in [9.17, 15) is 18.0 Å². The van der Waals surface area contributed by atoms with Gasteiger partial charge in [0.2, 0.25) is 0 Å². The van der Waals surface area contributed by atoms with Crippen LogP contribution in [0, 0.1) is 5.41 Å². The first-order chi connectivity index (χ1) is 15.4. The van der Waals surface area contributed by atoms with Gasteiger partial charge in [0.1, 0.15) is 11.4 Å². The fourth-order valence-corrected chi connectivity index (χ4v) is 3.04. The first-order valence-electron chi connectivity index (χ1n) is 10.4. The van der Waals surface area contributed by atoms with E-state index >= 15 is 0 Å². The number of rotatable bonds is 8. The van der Waals surface area contributed by atoms with Crippen molar-refractivity contribution in [3.05, 3.63) is 66.9 Å². The van der Waals surface area contributed by atoms with Crippen molar-refractivity contribution in [1.29, 1.82) is 0 Å². The molecule has 0 atom stereocenters. The van der Waals surface area contributed by atoms with Crippen LogP contribution in [0.1, 0.15) is 34.1 Å². The predicted molar refractivity (Wildman–Crippen MR) is 122 cm³/mol. The summed E-state index contributed by atoms with van der Waals surface area (Å²) in [7, 11) is 0. The highest BCUT2D eigenvalue weighted by Gasteiger charge is 2.31. The Morgan fingerprint density at radius 3 is 2.42 bits per heavy atom. The van der Waals surface area contributed by atoms with Gasteiger partial charge in [0.05, 0.1) is 6.20 Å². The molecule has 0 unspecified atom stereocenters. The zero-order chi connectivity index (χ0) is 24.6. The molecule has 33 heavy (non-hydrogen) atoms. The van der Waals surface area contributed by atoms with Crippen LogP contribution in [-0.2, 0) is 0 Å². The largest absolute Gasteiger partial charge is 0.573 e. The van der Waals surface area contributed by atoms with Crippen molar-refractivity contribution in [2.24, 2.45) is 5.41 Å². The number of nitrogens with zero attached hydrogens (tertiary/aromatic N) is 4. The van der Waals surface area contributed by atoms with Crippen LogP contribution >= 0.6 is 0 Å². The van der Waals surface area contributed by atoms with E-state index in [1.165, 1.54) is 30.5 Å². The van der Waals surface area contributed by atoms with Crippen LogP contribution in [0.3, 0.4) is 0 Å². The SMILES string of the molecule is C=C/C=C\C(=C/C)CCN(CC(C)(C)C)C(=O)n1ncc(-c2ccc(OC(F)(F)F)cc2)n1. The number of aromatic nitrogens is 3. The second-order valence-electron chi connectivity index (χ2n) is 8.56. The van der Waals surface area contributed by atoms with Gasteiger partial charge in [0.25, 0.3) is 0 Å². The van der Waals surface area contributed by atoms with Crippen molar-refractivity contribution in [1.82, 2.24) is 19.9 Å². The molecule has 2 aromatic rings. The van der Waals surface area contributed by atoms with E-state index in [4.69, 9.17) is 0 Å². The van der Waals surface area contributed by atoms with Gasteiger partial charge in [-0.1, -0.05) is 62.0 Å². The molecular formula is C24H29F3N4O2. The van der Waals surface area contributed by atoms with Crippen molar-refractivity contribution in [2.75, 3.05) is 13.1 Å². The van der Waals surface area contributed by atoms with Crippen molar-refractivity contribution in [2.45, 2.75) is 40.5 Å². The first kappa shape index (κ1) is 25.9. The molecule has 0 bridgehead atoms. The number of hydrogen-bond donors (Lipinski definition) is 0. The Balaban J connectivity index is 2.18. The minimum absolute atomic E-state index is 0.146. The summed E-state index contributed by atoms with van der Waals surface area (Å²) in [4.78, 5) is 15.9. The van der Waals surface area contributed by atoms with Gasteiger partial charge in [0, 0.05) is 18.7 Å². The van der Waals surface area contributed by atoms with Gasteiger partial charge in [-0.3, -0.25) is 0 Å². The van der Waals surface area contributed by atoms with E-state index in [0.29, 0.717) is 30.8 Å². The molecule has 0 aliphatic carbocycles. The highest BCUT2D eigenvalue weighted by molar-refractivity contribution is 5.75. The minimum Gasteiger partial charge on any atom is -0.406 e. The first-order valence-corrected chi connectivity index (χ1v) is 10.4. The van der Waals surface area contributed by atoms with Crippen LogP contribution in [0.4, 0.5) is 18.0 Å². The number of alkyl halides is 3. The second-order valence-corrected chi connectivity index (χ2v) is 8.56. The summed E-state index contributed by atoms with van der Waals surface area (Å²) in [5.41, 5.74) is 1.79. The summed E-state index contributed by atoms with van der Waals surface area (Å²) in [5.74, 6) is -0.337. The molecule has 1 aromatic heterocycles. The van der Waals surface area contributed by atoms with Crippen molar-refractivity contribution >= 4 is 6.03 Å². The smallest absolute Gasteiger partial charge is 0.406 e. The molecule has 0 spiro atoms. The fourth-order valence-electron chi connectivity index (χ4n) is 3.04. The van der Waals surface area contributed by atoms with E-state index in [-0.39, 0.29) is 17.2 Å². The van der Waals surface area contributed by atoms with Gasteiger partial charge >= 0.3 is 12.4 Å². The molecule has 0 saturated carbocycles. The van der Waals surface area contributed by atoms with Crippen LogP contribution in [0.15, 0.2) is 66.9 Å². The lowest BCUT2D eigenvalue weighted by Gasteiger charge is -2.29. The zero-order valence-electron chi connectivity index (χ0n) is 19.3. The number of carbonyl (C=O) groups excluding carboxylic acids is 1. The molecule has 0 saturated heterocycles. The van der Waals surface area contributed by atoms with Crippen molar-refractivity contribution in [3.8, 4) is 17.0 Å². The van der Waals surface area contributed by atoms with Gasteiger partial charge < -0.3 is 9.64 Å². The average molecular weight is 463 g/mol. The normalized spacial score (nSPS) is 12.8. The Morgan fingerprint density at radius 2 is 1.88 bits per heavy atom. The molecule has 0 aliphatic heterocycles. The maximum atomic E-state index is 13.2. The molecule has 0 radical (unpaired) electrons. The molecule has 0 aliphatic rings. The highest BCUT2D eigenvalue weighted by atomic mass is 19.4. The van der Waals surface area contributed by atoms with Crippen molar-refractivity contribution < 1.29 is 22.7 Å². The Labute approximate surface area is 192 Å². The number of benzene rings is 1. The monoisotopic (exact) mass is 462 g/mol. The van der Waals surface area contributed by atoms with Crippen LogP contribution in [0.5, 0.6) is 5.75 Å². The van der Waals surface area contributed by atoms with Gasteiger partial charge in [0.15, 0.2) is 0 Å². The molecule has 1 aromatic carbocycles. The number of ether oxygens (including phenoxy) is 1. The molecule has 2 rings (SSSR count). The quantitative estimate of drug-likeness (QED) is 0.436. The Morgan fingerprint density at radius 1 is 1.21 bits per heavy atom. The molecule has 6 nitrogen and oxygen atoms in total. The summed E-state index contributed by atoms with van der Waals surface area (Å²) in [6, 6.07) is 4.85. The summed E-state index contributed by atoms with van der Waals surface area (Å²) in [5, 5.41) is 8.33. The third-order valence-corrected chi connectivity index (χ3v) is 4.47. The molecule has 1 heterocycles. The van der Waals surface area contributed by atoms with Crippen LogP contribution in [0.25, 0.3) is 11.3 Å². The standard InChI is InChI=1S/C24H29F3N4O2/c1-6-8-9-18(7-2)14-15-30(17-23(3,4)5)22(32)31-28-16-21(29-31)19-10-12-20(13-11-19)33-24(25,26)27/h6-13,16H,1,14-15,17H2,2-5H3/b9-8-,18-7+. The second kappa shape index (κ2) is 11.0. The minimum atomic E-state index is -4.76. The van der Waals surface area contributed by atoms with Gasteiger partial charge in [-0.25, -0.2) is 4.79 Å². The summed E-state index contributed by atoms with van der Waals surface area (Å²) >= 11 is 0. The Bertz CT molecular complexity index is 1000. The van der Waals surface area contributed by atoms with Gasteiger partial charge in [-0.15, -0.1) is 18.3 Å². The topological polar surface area (TPSA) is 60.2 Å². The molecule has 0 N–H and O–H groups in total. The van der Waals surface area contributed by atoms with E-state index in [0.717, 1.165) is 10.4 Å². The third kappa shape index (κ3) is 8.59. The van der Waals surface area contributed by atoms with E-state index in [2.05, 4.69) is 21.5 Å². The lowest BCUT2D eigenvalue weighted by atomic mass is 9.96. The number of amides is 1. The molecule has 178 valence electrons. The molecule has 0 fully saturated rings. The van der Waals surface area contributed by atoms with Crippen LogP contribution < -0.4 is 4.74 Å². The number of hydrogen-bond acceptors (Lipinski definition) is 4. The van der Waals surface area contributed by atoms with Gasteiger partial charge in [-0.2, -0.15) is 5.10 Å². The summed E-state index contributed by atoms with van der Waals surface area (Å²) in [6.07, 6.45) is 4.76. The number of allylic oxidation sites excluding steroid dienone is 4.